The van der Waals surface area contributed by atoms with Gasteiger partial charge in [0, 0.05) is 14.1 Å². The minimum atomic E-state index is -4.52. The van der Waals surface area contributed by atoms with Crippen LogP contribution < -0.4 is 10.5 Å². The number of nitrogens with zero attached hydrogens (tertiary/aromatic N) is 4. The molecule has 0 bridgehead atoms. The summed E-state index contributed by atoms with van der Waals surface area (Å²) >= 11 is 0. The van der Waals surface area contributed by atoms with Crippen molar-refractivity contribution >= 4 is 17.0 Å². The van der Waals surface area contributed by atoms with E-state index in [0.717, 1.165) is 12.1 Å². The molecule has 0 saturated heterocycles. The molecule has 0 fully saturated rings. The summed E-state index contributed by atoms with van der Waals surface area (Å²) in [6, 6.07) is 2.95. The van der Waals surface area contributed by atoms with E-state index in [0.29, 0.717) is 12.0 Å². The number of aliphatic hydroxyl groups excluding tert-OH is 1. The molecule has 162 valence electrons. The highest BCUT2D eigenvalue weighted by atomic mass is 19.4. The molecule has 2 N–H and O–H groups in total. The van der Waals surface area contributed by atoms with Gasteiger partial charge in [-0.25, -0.2) is 9.07 Å². The van der Waals surface area contributed by atoms with Crippen molar-refractivity contribution in [1.29, 1.82) is 0 Å². The van der Waals surface area contributed by atoms with Crippen molar-refractivity contribution in [3.05, 3.63) is 51.2 Å². The van der Waals surface area contributed by atoms with Crippen LogP contribution in [0.3, 0.4) is 0 Å². The molecule has 0 amide bonds. The van der Waals surface area contributed by atoms with Crippen molar-refractivity contribution in [2.45, 2.75) is 38.6 Å². The van der Waals surface area contributed by atoms with Gasteiger partial charge in [0.05, 0.1) is 19.1 Å². The fraction of sp³-hybridized carbons (Fsp3) is 0.421. The summed E-state index contributed by atoms with van der Waals surface area (Å²) in [7, 11) is 3.37. The van der Waals surface area contributed by atoms with Gasteiger partial charge in [-0.2, -0.15) is 23.3 Å². The third-order valence-electron chi connectivity index (χ3n) is 4.73. The van der Waals surface area contributed by atoms with Gasteiger partial charge >= 0.3 is 6.18 Å². The number of hydrogen-bond donors (Lipinski definition) is 2. The molecule has 7 nitrogen and oxygen atoms in total. The summed E-state index contributed by atoms with van der Waals surface area (Å²) in [6.45, 7) is 1.28. The molecule has 0 spiro atoms. The number of aliphatic hydroxyl groups is 1. The van der Waals surface area contributed by atoms with Crippen LogP contribution in [0.5, 0.6) is 0 Å². The van der Waals surface area contributed by atoms with E-state index in [-0.39, 0.29) is 22.7 Å². The van der Waals surface area contributed by atoms with Crippen molar-refractivity contribution < 1.29 is 22.7 Å². The second-order valence-corrected chi connectivity index (χ2v) is 7.10. The molecular formula is C19H21F4N5O2. The van der Waals surface area contributed by atoms with E-state index in [2.05, 4.69) is 15.1 Å². The second-order valence-electron chi connectivity index (χ2n) is 7.10. The molecule has 1 aromatic carbocycles. The molecule has 30 heavy (non-hydrogen) atoms. The Kier molecular flexibility index (Phi) is 5.84. The van der Waals surface area contributed by atoms with Crippen LogP contribution in [-0.4, -0.2) is 45.1 Å². The van der Waals surface area contributed by atoms with E-state index in [1.165, 1.54) is 10.7 Å². The average molecular weight is 427 g/mol. The van der Waals surface area contributed by atoms with Crippen LogP contribution in [-0.2, 0) is 13.0 Å². The maximum atomic E-state index is 14.4. The molecule has 11 heteroatoms. The van der Waals surface area contributed by atoms with Crippen molar-refractivity contribution in [2.24, 2.45) is 0 Å². The third kappa shape index (κ3) is 4.16. The predicted molar refractivity (Wildman–Crippen MR) is 103 cm³/mol. The lowest BCUT2D eigenvalue weighted by Crippen LogP contribution is -2.20. The summed E-state index contributed by atoms with van der Waals surface area (Å²) in [5, 5.41) is 14.0. The van der Waals surface area contributed by atoms with Gasteiger partial charge in [-0.3, -0.25) is 9.78 Å². The van der Waals surface area contributed by atoms with E-state index < -0.39 is 42.2 Å². The Bertz CT molecular complexity index is 1120. The van der Waals surface area contributed by atoms with E-state index >= 15 is 0 Å². The number of aromatic nitrogens is 4. The molecule has 2 aromatic heterocycles. The Labute approximate surface area is 169 Å². The zero-order chi connectivity index (χ0) is 22.2. The van der Waals surface area contributed by atoms with Crippen LogP contribution in [0.25, 0.3) is 11.0 Å². The Morgan fingerprint density at radius 1 is 1.30 bits per heavy atom. The number of halogens is 4. The Balaban J connectivity index is 2.15. The van der Waals surface area contributed by atoms with Gasteiger partial charge in [0.2, 0.25) is 5.95 Å². The fourth-order valence-corrected chi connectivity index (χ4v) is 3.32. The van der Waals surface area contributed by atoms with Crippen molar-refractivity contribution in [1.82, 2.24) is 19.7 Å². The summed E-state index contributed by atoms with van der Waals surface area (Å²) in [4.78, 5) is 21.1. The molecule has 0 aliphatic heterocycles. The fourth-order valence-electron chi connectivity index (χ4n) is 3.32. The highest BCUT2D eigenvalue weighted by molar-refractivity contribution is 5.78. The van der Waals surface area contributed by atoms with E-state index in [1.807, 2.05) is 0 Å². The summed E-state index contributed by atoms with van der Waals surface area (Å²) < 4.78 is 53.6. The minimum Gasteiger partial charge on any atom is -0.390 e. The first kappa shape index (κ1) is 21.8. The maximum absolute atomic E-state index is 14.4. The number of benzene rings is 1. The molecule has 3 rings (SSSR count). The summed E-state index contributed by atoms with van der Waals surface area (Å²) in [6.07, 6.45) is -5.49. The number of anilines is 1. The van der Waals surface area contributed by atoms with Crippen LogP contribution in [0.4, 0.5) is 23.5 Å². The van der Waals surface area contributed by atoms with Crippen molar-refractivity contribution in [2.75, 3.05) is 19.0 Å². The molecule has 1 atom stereocenters. The molecule has 0 radical (unpaired) electrons. The van der Waals surface area contributed by atoms with E-state index in [9.17, 15) is 27.5 Å². The largest absolute Gasteiger partial charge is 0.393 e. The number of alkyl halides is 3. The van der Waals surface area contributed by atoms with Gasteiger partial charge in [0.25, 0.3) is 5.56 Å². The molecule has 0 saturated carbocycles. The molecular weight excluding hydrogens is 406 g/mol. The molecule has 0 unspecified atom stereocenters. The zero-order valence-electron chi connectivity index (χ0n) is 16.6. The average Bonchev–Trinajstić information content (AvgIpc) is 3.02. The number of fused-ring (bicyclic) bond motifs is 1. The standard InChI is InChI=1S/C19H21F4N5O2/c1-4-14(10-5-6-11(12(20)7-10)8-19(21,22)23)28-16-15(13(9-29)26-28)17(30)25-18(24-16)27(2)3/h5-7,14,29H,4,8-9H2,1-3H3,(H,24,25,30)/t14-/m1/s1. The van der Waals surface area contributed by atoms with Crippen LogP contribution in [0, 0.1) is 5.82 Å². The SMILES string of the molecule is CC[C@H](c1ccc(CC(F)(F)F)c(F)c1)n1nc(CO)c2c(=O)[nH]c(N(C)C)nc21. The predicted octanol–water partition coefficient (Wildman–Crippen LogP) is 2.92. The van der Waals surface area contributed by atoms with Crippen LogP contribution in [0.15, 0.2) is 23.0 Å². The normalized spacial score (nSPS) is 13.1. The lowest BCUT2D eigenvalue weighted by atomic mass is 10.0. The van der Waals surface area contributed by atoms with Gasteiger partial charge in [0.15, 0.2) is 5.65 Å². The summed E-state index contributed by atoms with van der Waals surface area (Å²) in [5.74, 6) is -0.707. The number of nitrogens with one attached hydrogen (secondary N) is 1. The highest BCUT2D eigenvalue weighted by Gasteiger charge is 2.30. The first-order valence-electron chi connectivity index (χ1n) is 9.20. The van der Waals surface area contributed by atoms with Gasteiger partial charge in [0.1, 0.15) is 16.9 Å². The van der Waals surface area contributed by atoms with Gasteiger partial charge < -0.3 is 10.0 Å². The monoisotopic (exact) mass is 427 g/mol. The first-order valence-corrected chi connectivity index (χ1v) is 9.20. The van der Waals surface area contributed by atoms with Crippen LogP contribution in [0.2, 0.25) is 0 Å². The molecule has 2 heterocycles. The maximum Gasteiger partial charge on any atom is 0.393 e. The van der Waals surface area contributed by atoms with Gasteiger partial charge in [-0.15, -0.1) is 0 Å². The number of hydrogen-bond acceptors (Lipinski definition) is 5. The molecule has 0 aliphatic rings. The van der Waals surface area contributed by atoms with E-state index in [1.54, 1.807) is 25.9 Å². The molecule has 3 aromatic rings. The topological polar surface area (TPSA) is 87.0 Å². The van der Waals surface area contributed by atoms with Gasteiger partial charge in [-0.1, -0.05) is 19.1 Å². The Morgan fingerprint density at radius 3 is 2.53 bits per heavy atom. The lowest BCUT2D eigenvalue weighted by Gasteiger charge is -2.19. The smallest absolute Gasteiger partial charge is 0.390 e. The lowest BCUT2D eigenvalue weighted by molar-refractivity contribution is -0.127. The minimum absolute atomic E-state index is 0.107. The number of H-pyrrole nitrogens is 1. The van der Waals surface area contributed by atoms with Crippen LogP contribution in [0.1, 0.15) is 36.2 Å². The first-order chi connectivity index (χ1) is 14.1. The quantitative estimate of drug-likeness (QED) is 0.591. The second kappa shape index (κ2) is 8.05. The summed E-state index contributed by atoms with van der Waals surface area (Å²) in [5.41, 5.74) is -0.259. The Hall–Kier alpha value is -2.95. The highest BCUT2D eigenvalue weighted by Crippen LogP contribution is 2.29. The zero-order valence-corrected chi connectivity index (χ0v) is 16.6. The number of rotatable bonds is 6. The van der Waals surface area contributed by atoms with Crippen molar-refractivity contribution in [3.8, 4) is 0 Å². The number of aromatic amines is 1. The van der Waals surface area contributed by atoms with E-state index in [4.69, 9.17) is 0 Å². The van der Waals surface area contributed by atoms with Crippen LogP contribution >= 0.6 is 0 Å². The third-order valence-corrected chi connectivity index (χ3v) is 4.73. The molecule has 0 aliphatic carbocycles. The Morgan fingerprint density at radius 2 is 2.00 bits per heavy atom. The van der Waals surface area contributed by atoms with Gasteiger partial charge in [-0.05, 0) is 23.6 Å². The van der Waals surface area contributed by atoms with Crippen molar-refractivity contribution in [3.63, 3.8) is 0 Å².